The predicted octanol–water partition coefficient (Wildman–Crippen LogP) is 8.59. The van der Waals surface area contributed by atoms with Crippen LogP contribution in [0.2, 0.25) is 0 Å². The third-order valence-electron chi connectivity index (χ3n) is 7.77. The SMILES string of the molecule is CC(C)(C)OC(=O)N(C(=O)OC(C)(C)C)c1ncnc2c1c(-c1ccc(NC(=O)Nc3cc(C(C)(C)C)no3)c3cnccc13)cn2C1CC1. The maximum Gasteiger partial charge on any atom is 0.425 e. The number of pyridine rings is 1. The van der Waals surface area contributed by atoms with E-state index in [0.29, 0.717) is 33.4 Å². The summed E-state index contributed by atoms with van der Waals surface area (Å²) in [6.45, 7) is 16.3. The molecule has 1 fully saturated rings. The zero-order valence-electron chi connectivity index (χ0n) is 29.7. The van der Waals surface area contributed by atoms with Crippen LogP contribution in [0.25, 0.3) is 32.9 Å². The number of amides is 4. The summed E-state index contributed by atoms with van der Waals surface area (Å²) in [6.07, 6.45) is 6.65. The summed E-state index contributed by atoms with van der Waals surface area (Å²) in [5.41, 5.74) is 1.10. The van der Waals surface area contributed by atoms with E-state index in [2.05, 4.69) is 30.7 Å². The van der Waals surface area contributed by atoms with Crippen molar-refractivity contribution in [3.05, 3.63) is 54.9 Å². The highest BCUT2D eigenvalue weighted by Crippen LogP contribution is 2.45. The fourth-order valence-corrected chi connectivity index (χ4v) is 5.42. The van der Waals surface area contributed by atoms with Crippen LogP contribution in [0.4, 0.5) is 31.8 Å². The highest BCUT2D eigenvalue weighted by Gasteiger charge is 2.37. The minimum absolute atomic E-state index is 0.0263. The first-order chi connectivity index (χ1) is 23.4. The summed E-state index contributed by atoms with van der Waals surface area (Å²) in [4.78, 5) is 54.9. The largest absolute Gasteiger partial charge is 0.443 e. The van der Waals surface area contributed by atoms with Crippen LogP contribution in [-0.2, 0) is 14.9 Å². The Morgan fingerprint density at radius 2 is 1.56 bits per heavy atom. The number of imide groups is 1. The summed E-state index contributed by atoms with van der Waals surface area (Å²) >= 11 is 0. The molecule has 0 atom stereocenters. The van der Waals surface area contributed by atoms with Gasteiger partial charge in [0.15, 0.2) is 5.82 Å². The van der Waals surface area contributed by atoms with E-state index < -0.39 is 29.4 Å². The zero-order valence-corrected chi connectivity index (χ0v) is 29.7. The van der Waals surface area contributed by atoms with Crippen molar-refractivity contribution in [2.24, 2.45) is 0 Å². The Hall–Kier alpha value is -5.53. The standard InChI is InChI=1S/C36H42N8O6/c1-34(2,3)26-16-27(50-42-26)41-31(45)40-25-13-12-21(22-14-15-37-17-23(22)25)24-18-43(20-10-11-20)29-28(24)30(39-19-38-29)44(32(46)48-35(4,5)6)33(47)49-36(7,8)9/h12-20H,10-11H2,1-9H3,(H2,40,41,45). The monoisotopic (exact) mass is 682 g/mol. The van der Waals surface area contributed by atoms with E-state index in [4.69, 9.17) is 14.0 Å². The Bertz CT molecular complexity index is 2080. The van der Waals surface area contributed by atoms with Crippen LogP contribution in [0.3, 0.4) is 0 Å². The number of hydrogen-bond donors (Lipinski definition) is 2. The topological polar surface area (TPSA) is 167 Å². The molecule has 0 unspecified atom stereocenters. The van der Waals surface area contributed by atoms with Crippen molar-refractivity contribution < 1.29 is 28.4 Å². The van der Waals surface area contributed by atoms with E-state index in [-0.39, 0.29) is 23.2 Å². The van der Waals surface area contributed by atoms with Gasteiger partial charge in [0, 0.05) is 47.1 Å². The normalized spacial score (nSPS) is 13.7. The summed E-state index contributed by atoms with van der Waals surface area (Å²) in [5.74, 6) is 0.241. The van der Waals surface area contributed by atoms with Crippen molar-refractivity contribution >= 4 is 57.4 Å². The third-order valence-corrected chi connectivity index (χ3v) is 7.77. The molecule has 6 rings (SSSR count). The number of nitrogens with zero attached hydrogens (tertiary/aromatic N) is 6. The van der Waals surface area contributed by atoms with Crippen LogP contribution >= 0.6 is 0 Å². The molecule has 50 heavy (non-hydrogen) atoms. The number of ether oxygens (including phenoxy) is 2. The van der Waals surface area contributed by atoms with Crippen LogP contribution in [0.1, 0.15) is 86.9 Å². The average Bonchev–Trinajstić information content (AvgIpc) is 3.59. The van der Waals surface area contributed by atoms with Gasteiger partial charge in [-0.1, -0.05) is 32.0 Å². The van der Waals surface area contributed by atoms with E-state index in [1.807, 2.05) is 43.7 Å². The van der Waals surface area contributed by atoms with Crippen molar-refractivity contribution in [3.63, 3.8) is 0 Å². The lowest BCUT2D eigenvalue weighted by Gasteiger charge is -2.28. The minimum Gasteiger partial charge on any atom is -0.443 e. The van der Waals surface area contributed by atoms with Gasteiger partial charge in [-0.2, -0.15) is 4.90 Å². The number of fused-ring (bicyclic) bond motifs is 2. The molecule has 0 spiro atoms. The van der Waals surface area contributed by atoms with Crippen LogP contribution in [0.5, 0.6) is 0 Å². The van der Waals surface area contributed by atoms with Crippen LogP contribution in [0.15, 0.2) is 53.7 Å². The summed E-state index contributed by atoms with van der Waals surface area (Å²) in [5, 5.41) is 11.5. The summed E-state index contributed by atoms with van der Waals surface area (Å²) < 4.78 is 18.8. The number of nitrogens with one attached hydrogen (secondary N) is 2. The number of urea groups is 1. The number of carbonyl (C=O) groups excluding carboxylic acids is 3. The Balaban J connectivity index is 1.46. The lowest BCUT2D eigenvalue weighted by atomic mass is 9.92. The lowest BCUT2D eigenvalue weighted by molar-refractivity contribution is 0.0429. The molecule has 262 valence electrons. The molecule has 0 radical (unpaired) electrons. The second kappa shape index (κ2) is 12.4. The minimum atomic E-state index is -0.933. The molecule has 0 saturated heterocycles. The van der Waals surface area contributed by atoms with Gasteiger partial charge in [0.2, 0.25) is 5.88 Å². The summed E-state index contributed by atoms with van der Waals surface area (Å²) in [6, 6.07) is 6.82. The average molecular weight is 683 g/mol. The third kappa shape index (κ3) is 7.24. The Morgan fingerprint density at radius 3 is 2.16 bits per heavy atom. The van der Waals surface area contributed by atoms with E-state index in [1.54, 1.807) is 66.1 Å². The van der Waals surface area contributed by atoms with Gasteiger partial charge in [-0.25, -0.2) is 24.4 Å². The van der Waals surface area contributed by atoms with Crippen molar-refractivity contribution in [2.75, 3.05) is 15.5 Å². The maximum absolute atomic E-state index is 13.7. The number of carbonyl (C=O) groups is 3. The highest BCUT2D eigenvalue weighted by atomic mass is 16.6. The number of hydrogen-bond acceptors (Lipinski definition) is 10. The van der Waals surface area contributed by atoms with E-state index in [9.17, 15) is 14.4 Å². The molecule has 14 nitrogen and oxygen atoms in total. The van der Waals surface area contributed by atoms with Crippen LogP contribution in [-0.4, -0.2) is 54.1 Å². The molecule has 0 bridgehead atoms. The second-order valence-electron chi connectivity index (χ2n) is 15.4. The molecule has 1 aliphatic carbocycles. The lowest BCUT2D eigenvalue weighted by Crippen LogP contribution is -2.44. The Kier molecular flexibility index (Phi) is 8.53. The number of aromatic nitrogens is 5. The fraction of sp³-hybridized carbons (Fsp3) is 0.417. The Labute approximate surface area is 289 Å². The van der Waals surface area contributed by atoms with Crippen molar-refractivity contribution in [1.82, 2.24) is 24.7 Å². The van der Waals surface area contributed by atoms with E-state index in [1.165, 1.54) is 6.33 Å². The van der Waals surface area contributed by atoms with E-state index >= 15 is 0 Å². The molecular formula is C36H42N8O6. The molecule has 14 heteroatoms. The molecule has 4 heterocycles. The van der Waals surface area contributed by atoms with Gasteiger partial charge in [-0.3, -0.25) is 10.3 Å². The molecule has 0 aliphatic heterocycles. The zero-order chi connectivity index (χ0) is 36.2. The van der Waals surface area contributed by atoms with Gasteiger partial charge in [0.25, 0.3) is 0 Å². The van der Waals surface area contributed by atoms with Crippen molar-refractivity contribution in [3.8, 4) is 11.1 Å². The number of rotatable bonds is 5. The van der Waals surface area contributed by atoms with Gasteiger partial charge >= 0.3 is 18.2 Å². The predicted molar refractivity (Wildman–Crippen MR) is 189 cm³/mol. The first kappa shape index (κ1) is 34.3. The highest BCUT2D eigenvalue weighted by molar-refractivity contribution is 6.18. The maximum atomic E-state index is 13.7. The number of benzene rings is 1. The fourth-order valence-electron chi connectivity index (χ4n) is 5.42. The van der Waals surface area contributed by atoms with Gasteiger partial charge in [0.1, 0.15) is 23.2 Å². The molecule has 1 aromatic carbocycles. The first-order valence-corrected chi connectivity index (χ1v) is 16.4. The quantitative estimate of drug-likeness (QED) is 0.183. The van der Waals surface area contributed by atoms with Crippen molar-refractivity contribution in [1.29, 1.82) is 0 Å². The molecule has 4 amide bonds. The number of anilines is 3. The van der Waals surface area contributed by atoms with Gasteiger partial charge in [-0.05, 0) is 77.5 Å². The Morgan fingerprint density at radius 1 is 0.880 bits per heavy atom. The van der Waals surface area contributed by atoms with Crippen LogP contribution in [0, 0.1) is 0 Å². The molecular weight excluding hydrogens is 640 g/mol. The second-order valence-corrected chi connectivity index (χ2v) is 15.4. The van der Waals surface area contributed by atoms with E-state index in [0.717, 1.165) is 28.7 Å². The molecule has 1 aliphatic rings. The molecule has 2 N–H and O–H groups in total. The summed E-state index contributed by atoms with van der Waals surface area (Å²) in [7, 11) is 0. The first-order valence-electron chi connectivity index (χ1n) is 16.4. The van der Waals surface area contributed by atoms with Gasteiger partial charge in [-0.15, -0.1) is 0 Å². The molecule has 4 aromatic heterocycles. The molecule has 1 saturated carbocycles. The van der Waals surface area contributed by atoms with Crippen LogP contribution < -0.4 is 15.5 Å². The van der Waals surface area contributed by atoms with Crippen molar-refractivity contribution in [2.45, 2.75) is 97.8 Å². The van der Waals surface area contributed by atoms with Gasteiger partial charge < -0.3 is 23.9 Å². The van der Waals surface area contributed by atoms with Gasteiger partial charge in [0.05, 0.1) is 16.8 Å². The smallest absolute Gasteiger partial charge is 0.425 e. The molecule has 5 aromatic rings.